The second-order valence-electron chi connectivity index (χ2n) is 5.40. The summed E-state index contributed by atoms with van der Waals surface area (Å²) in [7, 11) is 0. The van der Waals surface area contributed by atoms with Gasteiger partial charge in [0.15, 0.2) is 0 Å². The van der Waals surface area contributed by atoms with Gasteiger partial charge in [-0.2, -0.15) is 0 Å². The van der Waals surface area contributed by atoms with Crippen molar-refractivity contribution in [2.45, 2.75) is 33.7 Å². The van der Waals surface area contributed by atoms with Gasteiger partial charge in [-0.3, -0.25) is 4.79 Å². The van der Waals surface area contributed by atoms with Crippen molar-refractivity contribution in [3.8, 4) is 0 Å². The molecule has 0 aliphatic rings. The number of hydrogen-bond donors (Lipinski definition) is 2. The molecule has 1 aromatic heterocycles. The SMILES string of the molecule is CC(C)n1cccc1C(=O)NCC(C)(C)CO. The van der Waals surface area contributed by atoms with Gasteiger partial charge in [0.2, 0.25) is 0 Å². The smallest absolute Gasteiger partial charge is 0.267 e. The number of carbonyl (C=O) groups excluding carboxylic acids is 1. The number of aliphatic hydroxyl groups excluding tert-OH is 1. The number of carbonyl (C=O) groups is 1. The topological polar surface area (TPSA) is 54.3 Å². The number of nitrogens with zero attached hydrogens (tertiary/aromatic N) is 1. The van der Waals surface area contributed by atoms with Crippen LogP contribution in [0.25, 0.3) is 0 Å². The summed E-state index contributed by atoms with van der Waals surface area (Å²) in [5, 5.41) is 12.0. The van der Waals surface area contributed by atoms with Gasteiger partial charge in [0.25, 0.3) is 5.91 Å². The molecule has 0 aliphatic carbocycles. The first-order chi connectivity index (χ1) is 7.87. The van der Waals surface area contributed by atoms with E-state index >= 15 is 0 Å². The molecule has 1 heterocycles. The lowest BCUT2D eigenvalue weighted by Crippen LogP contribution is -2.36. The van der Waals surface area contributed by atoms with Crippen molar-refractivity contribution in [2.75, 3.05) is 13.2 Å². The minimum absolute atomic E-state index is 0.0540. The van der Waals surface area contributed by atoms with Crippen LogP contribution in [0.1, 0.15) is 44.2 Å². The van der Waals surface area contributed by atoms with Crippen molar-refractivity contribution in [1.82, 2.24) is 9.88 Å². The molecular formula is C13H22N2O2. The minimum Gasteiger partial charge on any atom is -0.396 e. The summed E-state index contributed by atoms with van der Waals surface area (Å²) in [6, 6.07) is 3.93. The van der Waals surface area contributed by atoms with Crippen LogP contribution in [0.4, 0.5) is 0 Å². The van der Waals surface area contributed by atoms with Crippen LogP contribution in [-0.2, 0) is 0 Å². The lowest BCUT2D eigenvalue weighted by atomic mass is 9.95. The number of amides is 1. The van der Waals surface area contributed by atoms with Crippen LogP contribution in [0.2, 0.25) is 0 Å². The van der Waals surface area contributed by atoms with Gasteiger partial charge in [0.1, 0.15) is 5.69 Å². The van der Waals surface area contributed by atoms with Crippen molar-refractivity contribution in [3.05, 3.63) is 24.0 Å². The summed E-state index contributed by atoms with van der Waals surface area (Å²) in [6.07, 6.45) is 1.90. The summed E-state index contributed by atoms with van der Waals surface area (Å²) in [6.45, 7) is 8.41. The average molecular weight is 238 g/mol. The molecule has 0 spiro atoms. The molecule has 17 heavy (non-hydrogen) atoms. The summed E-state index contributed by atoms with van der Waals surface area (Å²) < 4.78 is 1.93. The molecule has 0 bridgehead atoms. The monoisotopic (exact) mass is 238 g/mol. The summed E-state index contributed by atoms with van der Waals surface area (Å²) in [5.41, 5.74) is 0.374. The lowest BCUT2D eigenvalue weighted by Gasteiger charge is -2.22. The molecule has 0 saturated carbocycles. The Morgan fingerprint density at radius 2 is 2.18 bits per heavy atom. The Labute approximate surface area is 103 Å². The predicted molar refractivity (Wildman–Crippen MR) is 68.0 cm³/mol. The van der Waals surface area contributed by atoms with Crippen LogP contribution >= 0.6 is 0 Å². The Morgan fingerprint density at radius 1 is 1.53 bits per heavy atom. The Hall–Kier alpha value is -1.29. The third-order valence-electron chi connectivity index (χ3n) is 2.72. The van der Waals surface area contributed by atoms with Gasteiger partial charge in [-0.1, -0.05) is 13.8 Å². The van der Waals surface area contributed by atoms with E-state index in [4.69, 9.17) is 5.11 Å². The van der Waals surface area contributed by atoms with Gasteiger partial charge in [-0.15, -0.1) is 0 Å². The standard InChI is InChI=1S/C13H22N2O2/c1-10(2)15-7-5-6-11(15)12(17)14-8-13(3,4)9-16/h5-7,10,16H,8-9H2,1-4H3,(H,14,17). The van der Waals surface area contributed by atoms with E-state index in [1.807, 2.05) is 44.5 Å². The fraction of sp³-hybridized carbons (Fsp3) is 0.615. The quantitative estimate of drug-likeness (QED) is 0.822. The zero-order chi connectivity index (χ0) is 13.1. The Morgan fingerprint density at radius 3 is 2.71 bits per heavy atom. The maximum atomic E-state index is 12.0. The van der Waals surface area contributed by atoms with E-state index < -0.39 is 0 Å². The molecule has 4 nitrogen and oxygen atoms in total. The largest absolute Gasteiger partial charge is 0.396 e. The average Bonchev–Trinajstić information content (AvgIpc) is 2.75. The molecule has 1 amide bonds. The fourth-order valence-electron chi connectivity index (χ4n) is 1.50. The normalized spacial score (nSPS) is 11.9. The summed E-state index contributed by atoms with van der Waals surface area (Å²) in [5.74, 6) is -0.0924. The van der Waals surface area contributed by atoms with Crippen LogP contribution in [-0.4, -0.2) is 28.7 Å². The van der Waals surface area contributed by atoms with E-state index in [1.54, 1.807) is 6.07 Å². The van der Waals surface area contributed by atoms with Crippen LogP contribution in [0.3, 0.4) is 0 Å². The number of aliphatic hydroxyl groups is 1. The first-order valence-corrected chi connectivity index (χ1v) is 5.93. The number of hydrogen-bond acceptors (Lipinski definition) is 2. The highest BCUT2D eigenvalue weighted by molar-refractivity contribution is 5.92. The summed E-state index contributed by atoms with van der Waals surface area (Å²) in [4.78, 5) is 12.0. The van der Waals surface area contributed by atoms with Crippen LogP contribution in [0.15, 0.2) is 18.3 Å². The first kappa shape index (κ1) is 13.8. The Balaban J connectivity index is 2.68. The highest BCUT2D eigenvalue weighted by Crippen LogP contribution is 2.13. The van der Waals surface area contributed by atoms with Crippen molar-refractivity contribution in [3.63, 3.8) is 0 Å². The number of nitrogens with one attached hydrogen (secondary N) is 1. The van der Waals surface area contributed by atoms with Gasteiger partial charge in [0, 0.05) is 30.8 Å². The van der Waals surface area contributed by atoms with Crippen LogP contribution in [0, 0.1) is 5.41 Å². The molecule has 2 N–H and O–H groups in total. The van der Waals surface area contributed by atoms with Crippen molar-refractivity contribution in [2.24, 2.45) is 5.41 Å². The minimum atomic E-state index is -0.287. The maximum absolute atomic E-state index is 12.0. The fourth-order valence-corrected chi connectivity index (χ4v) is 1.50. The highest BCUT2D eigenvalue weighted by Gasteiger charge is 2.19. The third kappa shape index (κ3) is 3.60. The molecule has 1 aromatic rings. The second kappa shape index (κ2) is 5.36. The molecule has 4 heteroatoms. The number of aromatic nitrogens is 1. The van der Waals surface area contributed by atoms with Gasteiger partial charge in [-0.05, 0) is 26.0 Å². The van der Waals surface area contributed by atoms with E-state index in [0.717, 1.165) is 0 Å². The van der Waals surface area contributed by atoms with Gasteiger partial charge in [0.05, 0.1) is 0 Å². The molecule has 0 aliphatic heterocycles. The van der Waals surface area contributed by atoms with E-state index in [9.17, 15) is 4.79 Å². The van der Waals surface area contributed by atoms with Crippen molar-refractivity contribution in [1.29, 1.82) is 0 Å². The van der Waals surface area contributed by atoms with E-state index in [2.05, 4.69) is 5.32 Å². The number of rotatable bonds is 5. The van der Waals surface area contributed by atoms with Crippen molar-refractivity contribution < 1.29 is 9.90 Å². The molecule has 0 atom stereocenters. The highest BCUT2D eigenvalue weighted by atomic mass is 16.3. The first-order valence-electron chi connectivity index (χ1n) is 5.93. The van der Waals surface area contributed by atoms with E-state index in [0.29, 0.717) is 12.2 Å². The molecular weight excluding hydrogens is 216 g/mol. The lowest BCUT2D eigenvalue weighted by molar-refractivity contribution is 0.0900. The zero-order valence-corrected chi connectivity index (χ0v) is 11.0. The molecule has 0 fully saturated rings. The molecule has 0 aromatic carbocycles. The predicted octanol–water partition coefficient (Wildman–Crippen LogP) is 1.82. The van der Waals surface area contributed by atoms with Gasteiger partial charge in [-0.25, -0.2) is 0 Å². The Bertz CT molecular complexity index is 381. The molecule has 0 radical (unpaired) electrons. The molecule has 0 saturated heterocycles. The second-order valence-corrected chi connectivity index (χ2v) is 5.40. The molecule has 1 rings (SSSR count). The van der Waals surface area contributed by atoms with Crippen LogP contribution < -0.4 is 5.32 Å². The zero-order valence-electron chi connectivity index (χ0n) is 11.0. The summed E-state index contributed by atoms with van der Waals surface area (Å²) >= 11 is 0. The van der Waals surface area contributed by atoms with E-state index in [1.165, 1.54) is 0 Å². The van der Waals surface area contributed by atoms with Gasteiger partial charge < -0.3 is 15.0 Å². The Kier molecular flexibility index (Phi) is 4.34. The molecule has 96 valence electrons. The van der Waals surface area contributed by atoms with Crippen LogP contribution in [0.5, 0.6) is 0 Å². The molecule has 0 unspecified atom stereocenters. The maximum Gasteiger partial charge on any atom is 0.267 e. The van der Waals surface area contributed by atoms with Crippen molar-refractivity contribution >= 4 is 5.91 Å². The van der Waals surface area contributed by atoms with E-state index in [-0.39, 0.29) is 24.0 Å². The third-order valence-corrected chi connectivity index (χ3v) is 2.72. The van der Waals surface area contributed by atoms with Gasteiger partial charge >= 0.3 is 0 Å².